The van der Waals surface area contributed by atoms with Gasteiger partial charge < -0.3 is 0 Å². The molecule has 0 unspecified atom stereocenters. The maximum absolute atomic E-state index is 2.40. The minimum atomic E-state index is 1.11. The molecular formula is C34H23N3. The highest BCUT2D eigenvalue weighted by molar-refractivity contribution is 6.10. The SMILES string of the molecule is c1ccc(-n2c(-n3c4ccccc4c4ccccc43)ccc2-n2c3ccccc3c3ccccc32)cc1. The molecule has 5 aromatic carbocycles. The van der Waals surface area contributed by atoms with Crippen molar-refractivity contribution in [1.82, 2.24) is 13.7 Å². The standard InChI is InChI=1S/C34H23N3/c1-2-12-24(13-3-1)35-33(36-29-18-8-4-14-25(29)26-15-5-9-19-30(26)36)22-23-34(35)37-31-20-10-6-16-27(31)28-17-7-11-21-32(28)37/h1-23H. The molecule has 0 N–H and O–H groups in total. The van der Waals surface area contributed by atoms with Crippen LogP contribution in [0.25, 0.3) is 60.9 Å². The van der Waals surface area contributed by atoms with E-state index in [2.05, 4.69) is 153 Å². The Morgan fingerprint density at radius 3 is 0.973 bits per heavy atom. The number of benzene rings is 5. The Bertz CT molecular complexity index is 1850. The third-order valence-electron chi connectivity index (χ3n) is 7.47. The third-order valence-corrected chi connectivity index (χ3v) is 7.47. The van der Waals surface area contributed by atoms with Gasteiger partial charge in [0.05, 0.1) is 22.1 Å². The molecule has 0 amide bonds. The molecule has 0 aliphatic heterocycles. The lowest BCUT2D eigenvalue weighted by molar-refractivity contribution is 0.924. The molecule has 8 aromatic rings. The lowest BCUT2D eigenvalue weighted by atomic mass is 10.2. The molecule has 0 fully saturated rings. The number of nitrogens with zero attached hydrogens (tertiary/aromatic N) is 3. The fourth-order valence-electron chi connectivity index (χ4n) is 5.94. The van der Waals surface area contributed by atoms with Crippen molar-refractivity contribution in [2.75, 3.05) is 0 Å². The van der Waals surface area contributed by atoms with Gasteiger partial charge in [-0.25, -0.2) is 0 Å². The Labute approximate surface area is 214 Å². The summed E-state index contributed by atoms with van der Waals surface area (Å²) in [6, 6.07) is 49.9. The van der Waals surface area contributed by atoms with Gasteiger partial charge >= 0.3 is 0 Å². The zero-order valence-electron chi connectivity index (χ0n) is 20.1. The Morgan fingerprint density at radius 1 is 0.270 bits per heavy atom. The fraction of sp³-hybridized carbons (Fsp3) is 0. The van der Waals surface area contributed by atoms with E-state index in [9.17, 15) is 0 Å². The first kappa shape index (κ1) is 20.2. The number of rotatable bonds is 3. The zero-order chi connectivity index (χ0) is 24.3. The van der Waals surface area contributed by atoms with E-state index in [0.717, 1.165) is 17.3 Å². The van der Waals surface area contributed by atoms with Gasteiger partial charge in [-0.15, -0.1) is 0 Å². The Kier molecular flexibility index (Phi) is 4.23. The van der Waals surface area contributed by atoms with Crippen LogP contribution >= 0.6 is 0 Å². The molecule has 0 saturated carbocycles. The minimum Gasteiger partial charge on any atom is -0.295 e. The van der Waals surface area contributed by atoms with Crippen molar-refractivity contribution >= 4 is 43.6 Å². The smallest absolute Gasteiger partial charge is 0.124 e. The fourth-order valence-corrected chi connectivity index (χ4v) is 5.94. The quantitative estimate of drug-likeness (QED) is 0.244. The monoisotopic (exact) mass is 473 g/mol. The van der Waals surface area contributed by atoms with Crippen LogP contribution in [0, 0.1) is 0 Å². The van der Waals surface area contributed by atoms with Crippen LogP contribution in [0.15, 0.2) is 140 Å². The van der Waals surface area contributed by atoms with Crippen LogP contribution in [0.5, 0.6) is 0 Å². The predicted molar refractivity (Wildman–Crippen MR) is 154 cm³/mol. The summed E-state index contributed by atoms with van der Waals surface area (Å²) in [4.78, 5) is 0. The van der Waals surface area contributed by atoms with E-state index in [-0.39, 0.29) is 0 Å². The lowest BCUT2D eigenvalue weighted by Crippen LogP contribution is -2.09. The van der Waals surface area contributed by atoms with Crippen molar-refractivity contribution < 1.29 is 0 Å². The molecule has 3 heterocycles. The van der Waals surface area contributed by atoms with Crippen LogP contribution in [0.1, 0.15) is 0 Å². The molecule has 174 valence electrons. The second kappa shape index (κ2) is 7.74. The number of aromatic nitrogens is 3. The molecule has 37 heavy (non-hydrogen) atoms. The number of hydrogen-bond donors (Lipinski definition) is 0. The highest BCUT2D eigenvalue weighted by atomic mass is 15.2. The number of hydrogen-bond acceptors (Lipinski definition) is 0. The van der Waals surface area contributed by atoms with Crippen molar-refractivity contribution in [3.63, 3.8) is 0 Å². The minimum absolute atomic E-state index is 1.11. The van der Waals surface area contributed by atoms with Gasteiger partial charge in [0.1, 0.15) is 11.6 Å². The van der Waals surface area contributed by atoms with Crippen molar-refractivity contribution in [3.8, 4) is 17.3 Å². The van der Waals surface area contributed by atoms with E-state index in [4.69, 9.17) is 0 Å². The Hall–Kier alpha value is -5.02. The second-order valence-corrected chi connectivity index (χ2v) is 9.46. The van der Waals surface area contributed by atoms with Gasteiger partial charge in [-0.05, 0) is 48.5 Å². The highest BCUT2D eigenvalue weighted by Gasteiger charge is 2.21. The average molecular weight is 474 g/mol. The predicted octanol–water partition coefficient (Wildman–Crippen LogP) is 8.67. The van der Waals surface area contributed by atoms with E-state index in [0.29, 0.717) is 0 Å². The summed E-state index contributed by atoms with van der Waals surface area (Å²) < 4.78 is 7.18. The first-order valence-corrected chi connectivity index (χ1v) is 12.6. The summed E-state index contributed by atoms with van der Waals surface area (Å²) >= 11 is 0. The van der Waals surface area contributed by atoms with Gasteiger partial charge in [-0.3, -0.25) is 13.7 Å². The maximum Gasteiger partial charge on any atom is 0.124 e. The van der Waals surface area contributed by atoms with Crippen molar-refractivity contribution in [2.24, 2.45) is 0 Å². The van der Waals surface area contributed by atoms with E-state index in [1.165, 1.54) is 43.6 Å². The van der Waals surface area contributed by atoms with E-state index in [1.807, 2.05) is 0 Å². The normalized spacial score (nSPS) is 11.8. The summed E-state index contributed by atoms with van der Waals surface area (Å²) in [6.07, 6.45) is 0. The molecule has 0 atom stereocenters. The van der Waals surface area contributed by atoms with Crippen LogP contribution < -0.4 is 0 Å². The van der Waals surface area contributed by atoms with Crippen LogP contribution in [0.4, 0.5) is 0 Å². The maximum atomic E-state index is 2.40. The lowest BCUT2D eigenvalue weighted by Gasteiger charge is -2.18. The first-order valence-electron chi connectivity index (χ1n) is 12.6. The van der Waals surface area contributed by atoms with Crippen molar-refractivity contribution in [1.29, 1.82) is 0 Å². The largest absolute Gasteiger partial charge is 0.295 e. The molecular weight excluding hydrogens is 450 g/mol. The van der Waals surface area contributed by atoms with E-state index in [1.54, 1.807) is 0 Å². The molecule has 0 radical (unpaired) electrons. The van der Waals surface area contributed by atoms with Crippen LogP contribution in [-0.2, 0) is 0 Å². The number of para-hydroxylation sites is 5. The molecule has 0 aliphatic carbocycles. The van der Waals surface area contributed by atoms with Gasteiger partial charge in [-0.1, -0.05) is 91.0 Å². The topological polar surface area (TPSA) is 14.8 Å². The zero-order valence-corrected chi connectivity index (χ0v) is 20.1. The average Bonchev–Trinajstić information content (AvgIpc) is 3.63. The molecule has 3 heteroatoms. The molecule has 3 nitrogen and oxygen atoms in total. The summed E-state index contributed by atoms with van der Waals surface area (Å²) in [5, 5.41) is 5.05. The van der Waals surface area contributed by atoms with Gasteiger partial charge in [0.15, 0.2) is 0 Å². The molecule has 8 rings (SSSR count). The summed E-state index contributed by atoms with van der Waals surface area (Å²) in [6.45, 7) is 0. The summed E-state index contributed by atoms with van der Waals surface area (Å²) in [5.74, 6) is 2.22. The third kappa shape index (κ3) is 2.82. The van der Waals surface area contributed by atoms with Crippen LogP contribution in [-0.4, -0.2) is 13.7 Å². The van der Waals surface area contributed by atoms with E-state index >= 15 is 0 Å². The Morgan fingerprint density at radius 2 is 0.595 bits per heavy atom. The van der Waals surface area contributed by atoms with Crippen LogP contribution in [0.3, 0.4) is 0 Å². The van der Waals surface area contributed by atoms with Crippen molar-refractivity contribution in [3.05, 3.63) is 140 Å². The molecule has 3 aromatic heterocycles. The molecule has 0 spiro atoms. The molecule has 0 aliphatic rings. The molecule has 0 bridgehead atoms. The van der Waals surface area contributed by atoms with Gasteiger partial charge in [0.2, 0.25) is 0 Å². The second-order valence-electron chi connectivity index (χ2n) is 9.46. The van der Waals surface area contributed by atoms with Gasteiger partial charge in [-0.2, -0.15) is 0 Å². The summed E-state index contributed by atoms with van der Waals surface area (Å²) in [7, 11) is 0. The number of fused-ring (bicyclic) bond motifs is 6. The van der Waals surface area contributed by atoms with Gasteiger partial charge in [0.25, 0.3) is 0 Å². The summed E-state index contributed by atoms with van der Waals surface area (Å²) in [5.41, 5.74) is 5.93. The Balaban J connectivity index is 1.54. The van der Waals surface area contributed by atoms with Gasteiger partial charge in [0, 0.05) is 27.2 Å². The van der Waals surface area contributed by atoms with E-state index < -0.39 is 0 Å². The molecule has 0 saturated heterocycles. The van der Waals surface area contributed by atoms with Crippen LogP contribution in [0.2, 0.25) is 0 Å². The first-order chi connectivity index (χ1) is 18.4. The highest BCUT2D eigenvalue weighted by Crippen LogP contribution is 2.37. The van der Waals surface area contributed by atoms with Crippen molar-refractivity contribution in [2.45, 2.75) is 0 Å².